The van der Waals surface area contributed by atoms with Crippen molar-refractivity contribution >= 4 is 35.2 Å². The zero-order chi connectivity index (χ0) is 20.0. The average Bonchev–Trinajstić information content (AvgIpc) is 2.55. The molecule has 0 amide bonds. The summed E-state index contributed by atoms with van der Waals surface area (Å²) in [6, 6.07) is 9.04. The number of ether oxygens (including phenoxy) is 2. The summed E-state index contributed by atoms with van der Waals surface area (Å²) in [4.78, 5) is 11.4. The van der Waals surface area contributed by atoms with Gasteiger partial charge in [-0.25, -0.2) is 4.79 Å². The number of carboxylic acid groups (broad SMARTS) is 1. The van der Waals surface area contributed by atoms with Gasteiger partial charge in [0.15, 0.2) is 0 Å². The molecule has 27 heavy (non-hydrogen) atoms. The lowest BCUT2D eigenvalue weighted by Crippen LogP contribution is -2.50. The summed E-state index contributed by atoms with van der Waals surface area (Å²) < 4.78 is 50.6. The molecule has 1 N–H and O–H groups in total. The molecule has 0 bridgehead atoms. The largest absolute Gasteiger partial charge is 0.478 e. The molecule has 2 aromatic rings. The summed E-state index contributed by atoms with van der Waals surface area (Å²) in [5, 5.41) is 6.00. The number of aryl methyl sites for hydroxylation is 1. The standard InChI is InChI=1S/C18H11Cl2F3O4/c1-9-5-6-15(12(19)7-9)26-13-3-2-4-14-10(13)8-11(16(24)25)17(20,27-14)18(21,22)23/h2-8H,1H3,(H,24,25). The Bertz CT molecular complexity index is 956. The lowest BCUT2D eigenvalue weighted by molar-refractivity contribution is -0.204. The quantitative estimate of drug-likeness (QED) is 0.640. The molecule has 0 fully saturated rings. The van der Waals surface area contributed by atoms with Crippen molar-refractivity contribution in [2.24, 2.45) is 0 Å². The van der Waals surface area contributed by atoms with Crippen molar-refractivity contribution in [1.29, 1.82) is 0 Å². The second-order valence-corrected chi connectivity index (χ2v) is 6.70. The normalized spacial score (nSPS) is 19.0. The van der Waals surface area contributed by atoms with E-state index in [4.69, 9.17) is 32.7 Å². The van der Waals surface area contributed by atoms with Crippen LogP contribution < -0.4 is 9.47 Å². The van der Waals surface area contributed by atoms with Crippen LogP contribution in [0.3, 0.4) is 0 Å². The van der Waals surface area contributed by atoms with E-state index in [0.29, 0.717) is 0 Å². The van der Waals surface area contributed by atoms with Crippen molar-refractivity contribution in [2.75, 3.05) is 0 Å². The van der Waals surface area contributed by atoms with E-state index in [1.165, 1.54) is 18.2 Å². The van der Waals surface area contributed by atoms with Gasteiger partial charge in [-0.05, 0) is 42.8 Å². The smallest absolute Gasteiger partial charge is 0.448 e. The molecule has 0 radical (unpaired) electrons. The number of hydrogen-bond donors (Lipinski definition) is 1. The van der Waals surface area contributed by atoms with Crippen molar-refractivity contribution in [3.05, 3.63) is 58.1 Å². The lowest BCUT2D eigenvalue weighted by atomic mass is 10.00. The Kier molecular flexibility index (Phi) is 4.78. The third-order valence-electron chi connectivity index (χ3n) is 3.81. The van der Waals surface area contributed by atoms with Crippen LogP contribution in [0.2, 0.25) is 5.02 Å². The number of rotatable bonds is 3. The number of alkyl halides is 4. The number of benzene rings is 2. The van der Waals surface area contributed by atoms with Crippen molar-refractivity contribution in [1.82, 2.24) is 0 Å². The lowest BCUT2D eigenvalue weighted by Gasteiger charge is -2.34. The van der Waals surface area contributed by atoms with Gasteiger partial charge in [0.2, 0.25) is 0 Å². The maximum Gasteiger partial charge on any atom is 0.448 e. The number of carboxylic acids is 1. The Hall–Kier alpha value is -2.38. The monoisotopic (exact) mass is 418 g/mol. The first-order chi connectivity index (χ1) is 12.5. The van der Waals surface area contributed by atoms with Crippen LogP contribution in [0, 0.1) is 6.92 Å². The van der Waals surface area contributed by atoms with Crippen LogP contribution in [-0.2, 0) is 4.79 Å². The van der Waals surface area contributed by atoms with Gasteiger partial charge in [-0.3, -0.25) is 0 Å². The molecule has 1 aliphatic heterocycles. The van der Waals surface area contributed by atoms with Gasteiger partial charge in [-0.15, -0.1) is 0 Å². The number of fused-ring (bicyclic) bond motifs is 1. The first-order valence-corrected chi connectivity index (χ1v) is 8.25. The Morgan fingerprint density at radius 1 is 1.22 bits per heavy atom. The summed E-state index contributed by atoms with van der Waals surface area (Å²) in [5.74, 6) is -1.82. The van der Waals surface area contributed by atoms with Crippen LogP contribution in [0.1, 0.15) is 11.1 Å². The highest BCUT2D eigenvalue weighted by Crippen LogP contribution is 2.50. The van der Waals surface area contributed by atoms with E-state index in [1.54, 1.807) is 18.2 Å². The first-order valence-electron chi connectivity index (χ1n) is 7.50. The summed E-state index contributed by atoms with van der Waals surface area (Å²) >= 11 is 11.6. The molecule has 1 heterocycles. The van der Waals surface area contributed by atoms with Gasteiger partial charge >= 0.3 is 17.2 Å². The van der Waals surface area contributed by atoms with Gasteiger partial charge in [-0.1, -0.05) is 35.3 Å². The van der Waals surface area contributed by atoms with E-state index in [1.807, 2.05) is 6.92 Å². The zero-order valence-corrected chi connectivity index (χ0v) is 15.1. The molecule has 9 heteroatoms. The van der Waals surface area contributed by atoms with Gasteiger partial charge in [0, 0.05) is 0 Å². The molecule has 2 aromatic carbocycles. The second-order valence-electron chi connectivity index (χ2n) is 5.76. The maximum absolute atomic E-state index is 13.4. The Morgan fingerprint density at radius 2 is 1.93 bits per heavy atom. The fraction of sp³-hybridized carbons (Fsp3) is 0.167. The van der Waals surface area contributed by atoms with Gasteiger partial charge in [0.05, 0.1) is 10.6 Å². The number of carbonyl (C=O) groups is 1. The highest BCUT2D eigenvalue weighted by Gasteiger charge is 2.62. The Balaban J connectivity index is 2.11. The van der Waals surface area contributed by atoms with Crippen LogP contribution in [0.25, 0.3) is 6.08 Å². The minimum absolute atomic E-state index is 0.00654. The number of hydrogen-bond acceptors (Lipinski definition) is 3. The topological polar surface area (TPSA) is 55.8 Å². The SMILES string of the molecule is Cc1ccc(Oc2cccc3c2C=C(C(=O)O)C(Cl)(C(F)(F)F)O3)c(Cl)c1. The van der Waals surface area contributed by atoms with Crippen LogP contribution in [0.4, 0.5) is 13.2 Å². The third kappa shape index (κ3) is 3.44. The van der Waals surface area contributed by atoms with Gasteiger partial charge in [0.1, 0.15) is 22.8 Å². The number of halogens is 5. The predicted molar refractivity (Wildman–Crippen MR) is 93.6 cm³/mol. The molecule has 3 rings (SSSR count). The van der Waals surface area contributed by atoms with Crippen LogP contribution in [0.15, 0.2) is 42.0 Å². The first kappa shape index (κ1) is 19.4. The third-order valence-corrected chi connectivity index (χ3v) is 4.60. The molecule has 1 unspecified atom stereocenters. The van der Waals surface area contributed by atoms with Crippen molar-refractivity contribution in [3.8, 4) is 17.2 Å². The molecule has 4 nitrogen and oxygen atoms in total. The minimum atomic E-state index is -5.16. The molecule has 1 aliphatic rings. The molecule has 0 aromatic heterocycles. The van der Waals surface area contributed by atoms with Crippen molar-refractivity contribution < 1.29 is 32.5 Å². The molecule has 0 saturated heterocycles. The summed E-state index contributed by atoms with van der Waals surface area (Å²) in [7, 11) is 0. The molecule has 0 saturated carbocycles. The second kappa shape index (κ2) is 6.65. The Labute approximate surface area is 161 Å². The molecule has 0 spiro atoms. The Morgan fingerprint density at radius 3 is 2.52 bits per heavy atom. The van der Waals surface area contributed by atoms with Gasteiger partial charge in [0.25, 0.3) is 0 Å². The van der Waals surface area contributed by atoms with E-state index in [2.05, 4.69) is 0 Å². The van der Waals surface area contributed by atoms with Crippen LogP contribution >= 0.6 is 23.2 Å². The summed E-state index contributed by atoms with van der Waals surface area (Å²) in [5.41, 5.74) is -0.279. The number of aliphatic carboxylic acids is 1. The summed E-state index contributed by atoms with van der Waals surface area (Å²) in [6.07, 6.45) is -4.37. The maximum atomic E-state index is 13.4. The molecular weight excluding hydrogens is 408 g/mol. The molecule has 142 valence electrons. The predicted octanol–water partition coefficient (Wildman–Crippen LogP) is 5.80. The van der Waals surface area contributed by atoms with Gasteiger partial charge < -0.3 is 14.6 Å². The van der Waals surface area contributed by atoms with Crippen molar-refractivity contribution in [3.63, 3.8) is 0 Å². The average molecular weight is 419 g/mol. The fourth-order valence-corrected chi connectivity index (χ4v) is 3.00. The minimum Gasteiger partial charge on any atom is -0.478 e. The fourth-order valence-electron chi connectivity index (χ4n) is 2.50. The van der Waals surface area contributed by atoms with Gasteiger partial charge in [-0.2, -0.15) is 13.2 Å². The zero-order valence-electron chi connectivity index (χ0n) is 13.6. The molecule has 1 atom stereocenters. The van der Waals surface area contributed by atoms with E-state index < -0.39 is 22.8 Å². The highest BCUT2D eigenvalue weighted by molar-refractivity contribution is 6.32. The van der Waals surface area contributed by atoms with E-state index >= 15 is 0 Å². The molecular formula is C18H11Cl2F3O4. The van der Waals surface area contributed by atoms with Crippen LogP contribution in [-0.4, -0.2) is 22.3 Å². The van der Waals surface area contributed by atoms with Crippen LogP contribution in [0.5, 0.6) is 17.2 Å². The van der Waals surface area contributed by atoms with E-state index in [9.17, 15) is 23.1 Å². The van der Waals surface area contributed by atoms with Crippen molar-refractivity contribution in [2.45, 2.75) is 18.2 Å². The highest BCUT2D eigenvalue weighted by atomic mass is 35.5. The van der Waals surface area contributed by atoms with E-state index in [0.717, 1.165) is 11.6 Å². The molecule has 0 aliphatic carbocycles. The summed E-state index contributed by atoms with van der Waals surface area (Å²) in [6.45, 7) is 1.83. The van der Waals surface area contributed by atoms with E-state index in [-0.39, 0.29) is 27.8 Å².